The van der Waals surface area contributed by atoms with Gasteiger partial charge in [0.1, 0.15) is 5.75 Å². The highest BCUT2D eigenvalue weighted by Crippen LogP contribution is 2.17. The van der Waals surface area contributed by atoms with Crippen molar-refractivity contribution in [1.82, 2.24) is 5.32 Å². The van der Waals surface area contributed by atoms with Crippen molar-refractivity contribution < 1.29 is 14.5 Å². The Morgan fingerprint density at radius 3 is 2.48 bits per heavy atom. The van der Waals surface area contributed by atoms with Gasteiger partial charge in [0.15, 0.2) is 11.7 Å². The number of hydrogen-bond acceptors (Lipinski definition) is 5. The molecule has 1 amide bonds. The maximum absolute atomic E-state index is 11.9. The molecule has 0 aliphatic heterocycles. The second-order valence-electron chi connectivity index (χ2n) is 5.36. The number of ether oxygens (including phenoxy) is 1. The van der Waals surface area contributed by atoms with Gasteiger partial charge in [-0.25, -0.2) is 0 Å². The fraction of sp³-hybridized carbons (Fsp3) is 0.176. The van der Waals surface area contributed by atoms with Crippen LogP contribution < -0.4 is 15.4 Å². The van der Waals surface area contributed by atoms with Gasteiger partial charge in [-0.15, -0.1) is 0 Å². The van der Waals surface area contributed by atoms with Crippen LogP contribution in [0.25, 0.3) is 0 Å². The maximum Gasteiger partial charge on any atom is 0.269 e. The van der Waals surface area contributed by atoms with Gasteiger partial charge in [0.05, 0.1) is 4.92 Å². The molecule has 0 aliphatic carbocycles. The normalized spacial score (nSPS) is 10.0. The molecule has 2 rings (SSSR count). The van der Waals surface area contributed by atoms with Crippen LogP contribution in [0.15, 0.2) is 42.5 Å². The summed E-state index contributed by atoms with van der Waals surface area (Å²) in [7, 11) is 0. The number of non-ortho nitro benzene ring substituents is 1. The minimum absolute atomic E-state index is 0.0457. The first-order valence-corrected chi connectivity index (χ1v) is 7.81. The number of rotatable bonds is 5. The quantitative estimate of drug-likeness (QED) is 0.484. The summed E-state index contributed by atoms with van der Waals surface area (Å²) in [6, 6.07) is 11.3. The first-order chi connectivity index (χ1) is 11.8. The van der Waals surface area contributed by atoms with Crippen LogP contribution in [0, 0.1) is 24.0 Å². The number of anilines is 1. The van der Waals surface area contributed by atoms with Crippen LogP contribution in [0.4, 0.5) is 11.4 Å². The second kappa shape index (κ2) is 8.20. The third kappa shape index (κ3) is 5.54. The van der Waals surface area contributed by atoms with Gasteiger partial charge >= 0.3 is 0 Å². The smallest absolute Gasteiger partial charge is 0.269 e. The van der Waals surface area contributed by atoms with Gasteiger partial charge in [-0.05, 0) is 49.8 Å². The molecule has 0 fully saturated rings. The average molecular weight is 359 g/mol. The Kier molecular flexibility index (Phi) is 6.02. The Morgan fingerprint density at radius 2 is 1.88 bits per heavy atom. The predicted molar refractivity (Wildman–Crippen MR) is 98.9 cm³/mol. The Balaban J connectivity index is 1.83. The van der Waals surface area contributed by atoms with Gasteiger partial charge < -0.3 is 10.1 Å². The summed E-state index contributed by atoms with van der Waals surface area (Å²) in [5, 5.41) is 16.2. The van der Waals surface area contributed by atoms with Crippen molar-refractivity contribution in [1.29, 1.82) is 0 Å². The number of hydrogen-bond donors (Lipinski definition) is 2. The zero-order chi connectivity index (χ0) is 18.4. The number of amides is 1. The summed E-state index contributed by atoms with van der Waals surface area (Å²) >= 11 is 5.11. The lowest BCUT2D eigenvalue weighted by Crippen LogP contribution is -2.37. The lowest BCUT2D eigenvalue weighted by Gasteiger charge is -2.12. The lowest BCUT2D eigenvalue weighted by atomic mass is 10.1. The number of carbonyl (C=O) groups excluding carboxylic acids is 1. The fourth-order valence-electron chi connectivity index (χ4n) is 2.08. The van der Waals surface area contributed by atoms with Crippen LogP contribution in [0.2, 0.25) is 0 Å². The van der Waals surface area contributed by atoms with Crippen molar-refractivity contribution in [2.75, 3.05) is 11.9 Å². The van der Waals surface area contributed by atoms with E-state index < -0.39 is 10.8 Å². The van der Waals surface area contributed by atoms with Crippen molar-refractivity contribution >= 4 is 34.6 Å². The third-order valence-electron chi connectivity index (χ3n) is 3.30. The summed E-state index contributed by atoms with van der Waals surface area (Å²) in [4.78, 5) is 21.9. The zero-order valence-electron chi connectivity index (χ0n) is 13.7. The Hall–Kier alpha value is -3.00. The number of benzene rings is 2. The first kappa shape index (κ1) is 18.3. The average Bonchev–Trinajstić information content (AvgIpc) is 2.56. The molecule has 0 unspecified atom stereocenters. The number of aryl methyl sites for hydroxylation is 2. The summed E-state index contributed by atoms with van der Waals surface area (Å²) in [5.74, 6) is -0.0744. The maximum atomic E-state index is 11.9. The lowest BCUT2D eigenvalue weighted by molar-refractivity contribution is -0.384. The number of nitro benzene ring substituents is 1. The van der Waals surface area contributed by atoms with E-state index in [4.69, 9.17) is 17.0 Å². The van der Waals surface area contributed by atoms with Gasteiger partial charge in [-0.2, -0.15) is 0 Å². The van der Waals surface area contributed by atoms with Gasteiger partial charge in [-0.1, -0.05) is 17.7 Å². The van der Waals surface area contributed by atoms with Crippen LogP contribution in [-0.2, 0) is 4.79 Å². The summed E-state index contributed by atoms with van der Waals surface area (Å²) in [5.41, 5.74) is 2.91. The van der Waals surface area contributed by atoms with E-state index >= 15 is 0 Å². The van der Waals surface area contributed by atoms with Crippen molar-refractivity contribution in [2.45, 2.75) is 13.8 Å². The molecule has 2 aromatic carbocycles. The van der Waals surface area contributed by atoms with Gasteiger partial charge in [0.25, 0.3) is 11.6 Å². The van der Waals surface area contributed by atoms with E-state index in [0.717, 1.165) is 16.8 Å². The van der Waals surface area contributed by atoms with E-state index in [-0.39, 0.29) is 17.4 Å². The van der Waals surface area contributed by atoms with Crippen LogP contribution >= 0.6 is 12.2 Å². The molecule has 0 bridgehead atoms. The molecular formula is C17H17N3O4S. The number of thiocarbonyl (C=S) groups is 1. The standard InChI is InChI=1S/C17H17N3O4S/c1-11-3-8-15(12(2)9-11)18-17(25)19-16(21)10-24-14-6-4-13(5-7-14)20(22)23/h3-9H,10H2,1-2H3,(H2,18,19,21,25). The molecule has 0 heterocycles. The highest BCUT2D eigenvalue weighted by atomic mass is 32.1. The van der Waals surface area contributed by atoms with E-state index in [9.17, 15) is 14.9 Å². The molecule has 0 saturated carbocycles. The predicted octanol–water partition coefficient (Wildman–Crippen LogP) is 3.10. The highest BCUT2D eigenvalue weighted by Gasteiger charge is 2.09. The molecule has 2 aromatic rings. The van der Waals surface area contributed by atoms with Gasteiger partial charge in [0.2, 0.25) is 0 Å². The number of nitrogens with one attached hydrogen (secondary N) is 2. The Labute approximate surface area is 150 Å². The Bertz CT molecular complexity index is 806. The minimum atomic E-state index is -0.506. The van der Waals surface area contributed by atoms with Crippen LogP contribution in [0.5, 0.6) is 5.75 Å². The highest BCUT2D eigenvalue weighted by molar-refractivity contribution is 7.80. The molecule has 2 N–H and O–H groups in total. The van der Waals surface area contributed by atoms with E-state index in [1.165, 1.54) is 24.3 Å². The van der Waals surface area contributed by atoms with E-state index in [1.54, 1.807) is 0 Å². The van der Waals surface area contributed by atoms with Crippen LogP contribution in [-0.4, -0.2) is 22.5 Å². The number of carbonyl (C=O) groups is 1. The van der Waals surface area contributed by atoms with Crippen molar-refractivity contribution in [3.8, 4) is 5.75 Å². The SMILES string of the molecule is Cc1ccc(NC(=S)NC(=O)COc2ccc([N+](=O)[O-])cc2)c(C)c1. The molecule has 25 heavy (non-hydrogen) atoms. The topological polar surface area (TPSA) is 93.5 Å². The van der Waals surface area contributed by atoms with E-state index in [0.29, 0.717) is 5.75 Å². The third-order valence-corrected chi connectivity index (χ3v) is 3.50. The largest absolute Gasteiger partial charge is 0.484 e. The van der Waals surface area contributed by atoms with Crippen molar-refractivity contribution in [2.24, 2.45) is 0 Å². The molecule has 0 radical (unpaired) electrons. The zero-order valence-corrected chi connectivity index (χ0v) is 14.6. The first-order valence-electron chi connectivity index (χ1n) is 7.40. The van der Waals surface area contributed by atoms with Crippen LogP contribution in [0.1, 0.15) is 11.1 Å². The molecule has 8 heteroatoms. The summed E-state index contributed by atoms with van der Waals surface area (Å²) in [6.07, 6.45) is 0. The molecule has 7 nitrogen and oxygen atoms in total. The molecule has 0 spiro atoms. The molecule has 0 aromatic heterocycles. The van der Waals surface area contributed by atoms with Gasteiger partial charge in [-0.3, -0.25) is 20.2 Å². The molecule has 0 aliphatic rings. The molecule has 130 valence electrons. The fourth-order valence-corrected chi connectivity index (χ4v) is 2.31. The van der Waals surface area contributed by atoms with Crippen LogP contribution in [0.3, 0.4) is 0 Å². The molecular weight excluding hydrogens is 342 g/mol. The summed E-state index contributed by atoms with van der Waals surface area (Å²) < 4.78 is 5.27. The number of nitro groups is 1. The monoisotopic (exact) mass is 359 g/mol. The van der Waals surface area contributed by atoms with Crippen molar-refractivity contribution in [3.05, 3.63) is 63.7 Å². The van der Waals surface area contributed by atoms with E-state index in [1.807, 2.05) is 32.0 Å². The summed E-state index contributed by atoms with van der Waals surface area (Å²) in [6.45, 7) is 3.68. The second-order valence-corrected chi connectivity index (χ2v) is 5.77. The number of nitrogens with zero attached hydrogens (tertiary/aromatic N) is 1. The van der Waals surface area contributed by atoms with Crippen molar-refractivity contribution in [3.63, 3.8) is 0 Å². The minimum Gasteiger partial charge on any atom is -0.484 e. The Morgan fingerprint density at radius 1 is 1.20 bits per heavy atom. The molecule has 0 saturated heterocycles. The van der Waals surface area contributed by atoms with Gasteiger partial charge in [0, 0.05) is 17.8 Å². The molecule has 0 atom stereocenters. The van der Waals surface area contributed by atoms with E-state index in [2.05, 4.69) is 10.6 Å².